The van der Waals surface area contributed by atoms with Crippen LogP contribution in [0.5, 0.6) is 0 Å². The number of rotatable bonds is 3. The maximum atomic E-state index is 6.18. The number of halogens is 1. The molecule has 0 fully saturated rings. The van der Waals surface area contributed by atoms with Gasteiger partial charge in [-0.05, 0) is 47.6 Å². The lowest BCUT2D eigenvalue weighted by molar-refractivity contribution is 0.848. The Morgan fingerprint density at radius 3 is 2.33 bits per heavy atom. The molecule has 2 rings (SSSR count). The maximum absolute atomic E-state index is 6.18. The minimum Gasteiger partial charge on any atom is -0.0840 e. The number of hydrogen-bond donors (Lipinski definition) is 0. The largest absolute Gasteiger partial charge is 0.0840 e. The highest BCUT2D eigenvalue weighted by Crippen LogP contribution is 2.25. The molecule has 0 saturated heterocycles. The smallest absolute Gasteiger partial charge is 0.0438 e. The lowest BCUT2D eigenvalue weighted by Crippen LogP contribution is -1.99. The van der Waals surface area contributed by atoms with E-state index in [9.17, 15) is 0 Å². The Morgan fingerprint density at radius 2 is 1.61 bits per heavy atom. The van der Waals surface area contributed by atoms with Crippen LogP contribution in [0.25, 0.3) is 0 Å². The summed E-state index contributed by atoms with van der Waals surface area (Å²) in [5.41, 5.74) is 5.34. The van der Waals surface area contributed by atoms with Gasteiger partial charge in [0, 0.05) is 5.02 Å². The van der Waals surface area contributed by atoms with E-state index in [1.165, 1.54) is 22.3 Å². The highest BCUT2D eigenvalue weighted by atomic mass is 35.5. The van der Waals surface area contributed by atoms with Crippen molar-refractivity contribution >= 4 is 11.6 Å². The Kier molecular flexibility index (Phi) is 4.08. The predicted octanol–water partition coefficient (Wildman–Crippen LogP) is 5.36. The molecule has 0 aliphatic carbocycles. The second kappa shape index (κ2) is 5.58. The fraction of sp³-hybridized carbons (Fsp3) is 0.294. The first-order valence-electron chi connectivity index (χ1n) is 6.41. The summed E-state index contributed by atoms with van der Waals surface area (Å²) in [6.07, 6.45) is 0.959. The molecule has 0 bridgehead atoms. The molecule has 18 heavy (non-hydrogen) atoms. The summed E-state index contributed by atoms with van der Waals surface area (Å²) < 4.78 is 0. The second-order valence-electron chi connectivity index (χ2n) is 5.05. The molecule has 0 radical (unpaired) electrons. The van der Waals surface area contributed by atoms with Gasteiger partial charge in [-0.2, -0.15) is 0 Å². The highest BCUT2D eigenvalue weighted by molar-refractivity contribution is 6.31. The van der Waals surface area contributed by atoms with Crippen LogP contribution in [0.15, 0.2) is 42.5 Å². The zero-order chi connectivity index (χ0) is 13.1. The van der Waals surface area contributed by atoms with Gasteiger partial charge in [-0.15, -0.1) is 0 Å². The third kappa shape index (κ3) is 2.76. The van der Waals surface area contributed by atoms with Crippen molar-refractivity contribution in [3.63, 3.8) is 0 Å². The zero-order valence-corrected chi connectivity index (χ0v) is 12.0. The van der Waals surface area contributed by atoms with Gasteiger partial charge in [0.1, 0.15) is 0 Å². The molecule has 0 unspecified atom stereocenters. The van der Waals surface area contributed by atoms with E-state index in [-0.39, 0.29) is 0 Å². The van der Waals surface area contributed by atoms with Crippen molar-refractivity contribution in [3.8, 4) is 0 Å². The van der Waals surface area contributed by atoms with Gasteiger partial charge in [0.2, 0.25) is 0 Å². The normalized spacial score (nSPS) is 10.9. The van der Waals surface area contributed by atoms with E-state index in [4.69, 9.17) is 11.6 Å². The summed E-state index contributed by atoms with van der Waals surface area (Å²) in [7, 11) is 0. The third-order valence-electron chi connectivity index (χ3n) is 3.44. The summed E-state index contributed by atoms with van der Waals surface area (Å²) in [4.78, 5) is 0. The molecule has 2 aromatic rings. The first-order valence-corrected chi connectivity index (χ1v) is 6.79. The van der Waals surface area contributed by atoms with E-state index >= 15 is 0 Å². The minimum atomic E-state index is 0.556. The Balaban J connectivity index is 2.37. The molecule has 0 aliphatic rings. The van der Waals surface area contributed by atoms with Crippen molar-refractivity contribution in [1.82, 2.24) is 0 Å². The predicted molar refractivity (Wildman–Crippen MR) is 79.5 cm³/mol. The van der Waals surface area contributed by atoms with Gasteiger partial charge in [-0.3, -0.25) is 0 Å². The monoisotopic (exact) mass is 258 g/mol. The number of hydrogen-bond acceptors (Lipinski definition) is 0. The van der Waals surface area contributed by atoms with Crippen LogP contribution in [0.2, 0.25) is 5.02 Å². The Labute approximate surface area is 115 Å². The van der Waals surface area contributed by atoms with Gasteiger partial charge in [0.05, 0.1) is 0 Å². The summed E-state index contributed by atoms with van der Waals surface area (Å²) >= 11 is 6.18. The van der Waals surface area contributed by atoms with Crippen molar-refractivity contribution < 1.29 is 0 Å². The van der Waals surface area contributed by atoms with Crippen molar-refractivity contribution in [3.05, 3.63) is 69.7 Å². The first kappa shape index (κ1) is 13.2. The highest BCUT2D eigenvalue weighted by Gasteiger charge is 2.08. The SMILES string of the molecule is Cc1c(Cl)cccc1Cc1ccccc1C(C)C. The fourth-order valence-corrected chi connectivity index (χ4v) is 2.50. The molecule has 2 aromatic carbocycles. The summed E-state index contributed by atoms with van der Waals surface area (Å²) in [6.45, 7) is 6.57. The van der Waals surface area contributed by atoms with E-state index in [0.717, 1.165) is 11.4 Å². The zero-order valence-electron chi connectivity index (χ0n) is 11.2. The molecule has 0 aromatic heterocycles. The Bertz CT molecular complexity index is 541. The standard InChI is InChI=1S/C17H19Cl/c1-12(2)16-9-5-4-7-15(16)11-14-8-6-10-17(18)13(14)3/h4-10,12H,11H2,1-3H3. The lowest BCUT2D eigenvalue weighted by atomic mass is 9.92. The molecular formula is C17H19Cl. The quantitative estimate of drug-likeness (QED) is 0.695. The summed E-state index contributed by atoms with van der Waals surface area (Å²) in [5.74, 6) is 0.556. The van der Waals surface area contributed by atoms with E-state index in [1.54, 1.807) is 0 Å². The van der Waals surface area contributed by atoms with Crippen LogP contribution < -0.4 is 0 Å². The van der Waals surface area contributed by atoms with Gasteiger partial charge >= 0.3 is 0 Å². The molecule has 0 N–H and O–H groups in total. The molecule has 0 spiro atoms. The van der Waals surface area contributed by atoms with E-state index in [2.05, 4.69) is 51.1 Å². The summed E-state index contributed by atoms with van der Waals surface area (Å²) in [6, 6.07) is 14.8. The van der Waals surface area contributed by atoms with Crippen LogP contribution >= 0.6 is 11.6 Å². The van der Waals surface area contributed by atoms with Gasteiger partial charge < -0.3 is 0 Å². The lowest BCUT2D eigenvalue weighted by Gasteiger charge is -2.14. The second-order valence-corrected chi connectivity index (χ2v) is 5.46. The molecular weight excluding hydrogens is 240 g/mol. The molecule has 0 saturated carbocycles. The van der Waals surface area contributed by atoms with E-state index in [0.29, 0.717) is 5.92 Å². The molecule has 1 heteroatoms. The van der Waals surface area contributed by atoms with E-state index in [1.807, 2.05) is 12.1 Å². The average Bonchev–Trinajstić information content (AvgIpc) is 2.35. The molecule has 0 aliphatic heterocycles. The molecule has 94 valence electrons. The fourth-order valence-electron chi connectivity index (χ4n) is 2.31. The number of benzene rings is 2. The Morgan fingerprint density at radius 1 is 0.944 bits per heavy atom. The first-order chi connectivity index (χ1) is 8.59. The van der Waals surface area contributed by atoms with E-state index < -0.39 is 0 Å². The Hall–Kier alpha value is -1.27. The van der Waals surface area contributed by atoms with Crippen LogP contribution in [0.1, 0.15) is 42.0 Å². The van der Waals surface area contributed by atoms with Gasteiger partial charge in [-0.25, -0.2) is 0 Å². The summed E-state index contributed by atoms with van der Waals surface area (Å²) in [5, 5.41) is 0.856. The minimum absolute atomic E-state index is 0.556. The third-order valence-corrected chi connectivity index (χ3v) is 3.85. The molecule has 0 atom stereocenters. The average molecular weight is 259 g/mol. The van der Waals surface area contributed by atoms with Crippen molar-refractivity contribution in [2.24, 2.45) is 0 Å². The molecule has 0 heterocycles. The van der Waals surface area contributed by atoms with Gasteiger partial charge in [0.25, 0.3) is 0 Å². The maximum Gasteiger partial charge on any atom is 0.0438 e. The van der Waals surface area contributed by atoms with Crippen LogP contribution in [-0.2, 0) is 6.42 Å². The topological polar surface area (TPSA) is 0 Å². The van der Waals surface area contributed by atoms with Crippen LogP contribution in [-0.4, -0.2) is 0 Å². The van der Waals surface area contributed by atoms with Crippen LogP contribution in [0.3, 0.4) is 0 Å². The molecule has 0 nitrogen and oxygen atoms in total. The van der Waals surface area contributed by atoms with Crippen LogP contribution in [0.4, 0.5) is 0 Å². The van der Waals surface area contributed by atoms with Gasteiger partial charge in [-0.1, -0.05) is 61.8 Å². The van der Waals surface area contributed by atoms with Crippen molar-refractivity contribution in [1.29, 1.82) is 0 Å². The van der Waals surface area contributed by atoms with Crippen molar-refractivity contribution in [2.45, 2.75) is 33.1 Å². The van der Waals surface area contributed by atoms with Gasteiger partial charge in [0.15, 0.2) is 0 Å². The van der Waals surface area contributed by atoms with Crippen molar-refractivity contribution in [2.75, 3.05) is 0 Å². The molecule has 0 amide bonds. The van der Waals surface area contributed by atoms with Crippen LogP contribution in [0, 0.1) is 6.92 Å².